The Bertz CT molecular complexity index is 840. The first-order chi connectivity index (χ1) is 12.7. The predicted octanol–water partition coefficient (Wildman–Crippen LogP) is 0.496. The molecule has 2 fully saturated rings. The van der Waals surface area contributed by atoms with Gasteiger partial charge in [-0.1, -0.05) is 0 Å². The van der Waals surface area contributed by atoms with Crippen LogP contribution in [0.1, 0.15) is 43.1 Å². The molecule has 2 aliphatic rings. The number of hydrogen-bond acceptors (Lipinski definition) is 5. The van der Waals surface area contributed by atoms with E-state index in [1.807, 2.05) is 6.92 Å². The maximum Gasteiger partial charge on any atom is 0.345 e. The summed E-state index contributed by atoms with van der Waals surface area (Å²) in [6.45, 7) is 6.26. The van der Waals surface area contributed by atoms with Gasteiger partial charge >= 0.3 is 5.69 Å². The quantitative estimate of drug-likeness (QED) is 0.727. The fourth-order valence-corrected chi connectivity index (χ4v) is 5.65. The molecule has 0 aromatic carbocycles. The minimum atomic E-state index is -3.17. The predicted molar refractivity (Wildman–Crippen MR) is 102 cm³/mol. The molecule has 1 saturated heterocycles. The van der Waals surface area contributed by atoms with Crippen LogP contribution in [0.2, 0.25) is 0 Å². The van der Waals surface area contributed by atoms with Crippen molar-refractivity contribution < 1.29 is 13.2 Å². The van der Waals surface area contributed by atoms with E-state index in [1.165, 1.54) is 0 Å². The summed E-state index contributed by atoms with van der Waals surface area (Å²) in [5, 5.41) is 3.14. The lowest BCUT2D eigenvalue weighted by molar-refractivity contribution is -0.122. The van der Waals surface area contributed by atoms with E-state index in [-0.39, 0.29) is 35.2 Å². The lowest BCUT2D eigenvalue weighted by Crippen LogP contribution is -2.54. The Balaban J connectivity index is 1.59. The lowest BCUT2D eigenvalue weighted by Gasteiger charge is -2.37. The summed E-state index contributed by atoms with van der Waals surface area (Å²) in [7, 11) is -3.17. The van der Waals surface area contributed by atoms with Gasteiger partial charge in [-0.25, -0.2) is 17.5 Å². The van der Waals surface area contributed by atoms with Gasteiger partial charge in [0, 0.05) is 36.9 Å². The molecule has 2 heterocycles. The van der Waals surface area contributed by atoms with Crippen LogP contribution >= 0.6 is 0 Å². The first kappa shape index (κ1) is 20.0. The van der Waals surface area contributed by atoms with Gasteiger partial charge < -0.3 is 10.3 Å². The van der Waals surface area contributed by atoms with Crippen molar-refractivity contribution in [1.82, 2.24) is 19.6 Å². The molecule has 8 nitrogen and oxygen atoms in total. The highest BCUT2D eigenvalue weighted by atomic mass is 32.2. The smallest absolute Gasteiger partial charge is 0.345 e. The van der Waals surface area contributed by atoms with Crippen LogP contribution in [0.4, 0.5) is 0 Å². The SMILES string of the molecule is CCS(=O)(=O)N1C[C@H]2CC[C@@H](C1)C2NC(=O)CCc1c(C)nc(=O)[nH]c1C. The molecule has 150 valence electrons. The van der Waals surface area contributed by atoms with Crippen molar-refractivity contribution in [2.45, 2.75) is 52.5 Å². The number of nitrogens with zero attached hydrogens (tertiary/aromatic N) is 2. The van der Waals surface area contributed by atoms with Crippen molar-refractivity contribution in [2.75, 3.05) is 18.8 Å². The number of aryl methyl sites for hydroxylation is 2. The summed E-state index contributed by atoms with van der Waals surface area (Å²) in [6.07, 6.45) is 2.74. The number of carbonyl (C=O) groups is 1. The van der Waals surface area contributed by atoms with Gasteiger partial charge in [0.05, 0.1) is 5.75 Å². The molecule has 1 saturated carbocycles. The third-order valence-electron chi connectivity index (χ3n) is 5.94. The summed E-state index contributed by atoms with van der Waals surface area (Å²) in [5.74, 6) is 0.461. The number of sulfonamides is 1. The second-order valence-corrected chi connectivity index (χ2v) is 9.90. The van der Waals surface area contributed by atoms with Crippen LogP contribution in [0, 0.1) is 25.7 Å². The number of rotatable bonds is 6. The van der Waals surface area contributed by atoms with Crippen LogP contribution in [-0.4, -0.2) is 53.5 Å². The van der Waals surface area contributed by atoms with Gasteiger partial charge in [-0.2, -0.15) is 4.98 Å². The van der Waals surface area contributed by atoms with E-state index in [2.05, 4.69) is 15.3 Å². The summed E-state index contributed by atoms with van der Waals surface area (Å²) >= 11 is 0. The molecular formula is C18H28N4O4S. The lowest BCUT2D eigenvalue weighted by atomic mass is 9.93. The van der Waals surface area contributed by atoms with Crippen molar-refractivity contribution in [2.24, 2.45) is 11.8 Å². The second-order valence-electron chi connectivity index (χ2n) is 7.64. The van der Waals surface area contributed by atoms with E-state index in [0.717, 1.165) is 24.1 Å². The molecule has 3 atom stereocenters. The van der Waals surface area contributed by atoms with E-state index < -0.39 is 10.0 Å². The average molecular weight is 397 g/mol. The molecule has 1 amide bonds. The zero-order valence-electron chi connectivity index (χ0n) is 16.1. The minimum absolute atomic E-state index is 0.0336. The van der Waals surface area contributed by atoms with Gasteiger partial charge in [0.15, 0.2) is 0 Å². The number of hydrogen-bond donors (Lipinski definition) is 2. The Hall–Kier alpha value is -1.74. The van der Waals surface area contributed by atoms with Gasteiger partial charge in [0.2, 0.25) is 15.9 Å². The first-order valence-electron chi connectivity index (χ1n) is 9.55. The van der Waals surface area contributed by atoms with E-state index >= 15 is 0 Å². The third-order valence-corrected chi connectivity index (χ3v) is 7.76. The van der Waals surface area contributed by atoms with Crippen molar-refractivity contribution in [1.29, 1.82) is 0 Å². The molecule has 1 aromatic heterocycles. The number of piperidine rings is 1. The maximum atomic E-state index is 12.5. The highest BCUT2D eigenvalue weighted by molar-refractivity contribution is 7.89. The Labute approximate surface area is 159 Å². The zero-order chi connectivity index (χ0) is 19.8. The van der Waals surface area contributed by atoms with Crippen LogP contribution in [0.15, 0.2) is 4.79 Å². The third kappa shape index (κ3) is 4.24. The first-order valence-corrected chi connectivity index (χ1v) is 11.2. The number of aromatic amines is 1. The minimum Gasteiger partial charge on any atom is -0.353 e. The molecule has 9 heteroatoms. The standard InChI is InChI=1S/C18H28N4O4S/c1-4-27(25,26)22-9-13-5-6-14(10-22)17(13)21-16(23)8-7-15-11(2)19-18(24)20-12(15)3/h13-14,17H,4-10H2,1-3H3,(H,21,23)(H,19,20,24)/t13-,14+,17?. The van der Waals surface area contributed by atoms with Gasteiger partial charge in [-0.05, 0) is 57.4 Å². The van der Waals surface area contributed by atoms with Crippen LogP contribution < -0.4 is 11.0 Å². The Morgan fingerprint density at radius 2 is 1.89 bits per heavy atom. The summed E-state index contributed by atoms with van der Waals surface area (Å²) in [5.41, 5.74) is 1.93. The van der Waals surface area contributed by atoms with E-state index in [0.29, 0.717) is 31.6 Å². The number of H-pyrrole nitrogens is 1. The molecule has 1 aromatic rings. The second kappa shape index (κ2) is 7.71. The average Bonchev–Trinajstić information content (AvgIpc) is 2.81. The van der Waals surface area contributed by atoms with Crippen LogP contribution in [-0.2, 0) is 21.2 Å². The number of nitrogens with one attached hydrogen (secondary N) is 2. The summed E-state index contributed by atoms with van der Waals surface area (Å²) in [6, 6.07) is 0.0525. The molecule has 1 aliphatic heterocycles. The van der Waals surface area contributed by atoms with Crippen LogP contribution in [0.5, 0.6) is 0 Å². The molecule has 1 unspecified atom stereocenters. The van der Waals surface area contributed by atoms with Crippen LogP contribution in [0.25, 0.3) is 0 Å². The highest BCUT2D eigenvalue weighted by Crippen LogP contribution is 2.38. The summed E-state index contributed by atoms with van der Waals surface area (Å²) in [4.78, 5) is 30.4. The van der Waals surface area contributed by atoms with Gasteiger partial charge in [-0.3, -0.25) is 4.79 Å². The maximum absolute atomic E-state index is 12.5. The summed E-state index contributed by atoms with van der Waals surface area (Å²) < 4.78 is 25.9. The molecule has 27 heavy (non-hydrogen) atoms. The van der Waals surface area contributed by atoms with E-state index in [1.54, 1.807) is 18.2 Å². The highest BCUT2D eigenvalue weighted by Gasteiger charge is 2.45. The van der Waals surface area contributed by atoms with Crippen molar-refractivity contribution in [3.05, 3.63) is 27.4 Å². The molecule has 2 bridgehead atoms. The van der Waals surface area contributed by atoms with Crippen molar-refractivity contribution in [3.63, 3.8) is 0 Å². The molecule has 0 radical (unpaired) electrons. The topological polar surface area (TPSA) is 112 Å². The largest absolute Gasteiger partial charge is 0.353 e. The van der Waals surface area contributed by atoms with Gasteiger partial charge in [-0.15, -0.1) is 0 Å². The Kier molecular flexibility index (Phi) is 5.71. The normalized spacial score (nSPS) is 25.5. The van der Waals surface area contributed by atoms with Gasteiger partial charge in [0.1, 0.15) is 0 Å². The molecule has 3 rings (SSSR count). The monoisotopic (exact) mass is 396 g/mol. The van der Waals surface area contributed by atoms with Crippen LogP contribution in [0.3, 0.4) is 0 Å². The van der Waals surface area contributed by atoms with E-state index in [4.69, 9.17) is 0 Å². The molecular weight excluding hydrogens is 368 g/mol. The Morgan fingerprint density at radius 3 is 2.44 bits per heavy atom. The zero-order valence-corrected chi connectivity index (χ0v) is 16.9. The fourth-order valence-electron chi connectivity index (χ4n) is 4.44. The van der Waals surface area contributed by atoms with Crippen molar-refractivity contribution >= 4 is 15.9 Å². The molecule has 1 aliphatic carbocycles. The number of carbonyl (C=O) groups excluding carboxylic acids is 1. The Morgan fingerprint density at radius 1 is 1.26 bits per heavy atom. The molecule has 0 spiro atoms. The van der Waals surface area contributed by atoms with Gasteiger partial charge in [0.25, 0.3) is 0 Å². The van der Waals surface area contributed by atoms with E-state index in [9.17, 15) is 18.0 Å². The number of fused-ring (bicyclic) bond motifs is 2. The fraction of sp³-hybridized carbons (Fsp3) is 0.722. The number of aromatic nitrogens is 2. The molecule has 2 N–H and O–H groups in total. The van der Waals surface area contributed by atoms with Crippen molar-refractivity contribution in [3.8, 4) is 0 Å². The number of amides is 1.